The second-order valence-electron chi connectivity index (χ2n) is 6.94. The Labute approximate surface area is 174 Å². The third kappa shape index (κ3) is 4.19. The van der Waals surface area contributed by atoms with E-state index in [1.165, 1.54) is 28.6 Å². The van der Waals surface area contributed by atoms with Gasteiger partial charge in [-0.05, 0) is 49.2 Å². The molecular weight excluding hydrogens is 416 g/mol. The average Bonchev–Trinajstić information content (AvgIpc) is 3.25. The number of ether oxygens (including phenoxy) is 2. The van der Waals surface area contributed by atoms with Gasteiger partial charge in [-0.1, -0.05) is 23.7 Å². The zero-order valence-electron chi connectivity index (χ0n) is 15.6. The highest BCUT2D eigenvalue weighted by Gasteiger charge is 2.37. The van der Waals surface area contributed by atoms with Crippen LogP contribution in [0.3, 0.4) is 0 Å². The summed E-state index contributed by atoms with van der Waals surface area (Å²) >= 11 is 5.89. The molecule has 4 rings (SSSR count). The highest BCUT2D eigenvalue weighted by molar-refractivity contribution is 7.92. The van der Waals surface area contributed by atoms with Crippen molar-refractivity contribution in [3.8, 4) is 5.75 Å². The molecule has 0 radical (unpaired) electrons. The Morgan fingerprint density at radius 3 is 2.66 bits per heavy atom. The fourth-order valence-corrected chi connectivity index (χ4v) is 5.04. The molecule has 1 N–H and O–H groups in total. The number of sulfonamides is 1. The van der Waals surface area contributed by atoms with Crippen LogP contribution in [0.5, 0.6) is 5.75 Å². The monoisotopic (exact) mass is 436 g/mol. The van der Waals surface area contributed by atoms with Crippen molar-refractivity contribution in [1.82, 2.24) is 5.32 Å². The molecule has 29 heavy (non-hydrogen) atoms. The molecule has 1 saturated heterocycles. The van der Waals surface area contributed by atoms with Crippen LogP contribution >= 0.6 is 11.6 Å². The SMILES string of the molecule is O=C(NC[C@@H]1CCCO1)[C@H]1CN(S(=O)(=O)c2ccc(Cl)cc2)c2ccccc2O1. The number of hydrogen-bond donors (Lipinski definition) is 1. The lowest BCUT2D eigenvalue weighted by atomic mass is 10.2. The number of carbonyl (C=O) groups is 1. The minimum Gasteiger partial charge on any atom is -0.476 e. The number of fused-ring (bicyclic) bond motifs is 1. The number of benzene rings is 2. The second kappa shape index (κ2) is 8.22. The third-order valence-corrected chi connectivity index (χ3v) is 7.00. The summed E-state index contributed by atoms with van der Waals surface area (Å²) in [5.41, 5.74) is 0.394. The maximum atomic E-state index is 13.3. The molecule has 1 amide bonds. The van der Waals surface area contributed by atoms with E-state index in [9.17, 15) is 13.2 Å². The molecular formula is C20H21ClN2O5S. The van der Waals surface area contributed by atoms with Gasteiger partial charge in [0.2, 0.25) is 0 Å². The Bertz CT molecular complexity index is 990. The Morgan fingerprint density at radius 2 is 1.93 bits per heavy atom. The van der Waals surface area contributed by atoms with Gasteiger partial charge in [0.25, 0.3) is 15.9 Å². The molecule has 0 unspecified atom stereocenters. The van der Waals surface area contributed by atoms with Gasteiger partial charge >= 0.3 is 0 Å². The molecule has 2 atom stereocenters. The Hall–Kier alpha value is -2.29. The number of nitrogens with zero attached hydrogens (tertiary/aromatic N) is 1. The number of para-hydroxylation sites is 2. The van der Waals surface area contributed by atoms with Crippen LogP contribution in [0, 0.1) is 0 Å². The van der Waals surface area contributed by atoms with Crippen LogP contribution in [-0.2, 0) is 19.6 Å². The summed E-state index contributed by atoms with van der Waals surface area (Å²) in [5, 5.41) is 3.26. The average molecular weight is 437 g/mol. The summed E-state index contributed by atoms with van der Waals surface area (Å²) in [6, 6.07) is 12.7. The number of hydrogen-bond acceptors (Lipinski definition) is 5. The van der Waals surface area contributed by atoms with Crippen molar-refractivity contribution in [2.45, 2.75) is 29.9 Å². The molecule has 9 heteroatoms. The largest absolute Gasteiger partial charge is 0.476 e. The lowest BCUT2D eigenvalue weighted by Gasteiger charge is -2.34. The summed E-state index contributed by atoms with van der Waals surface area (Å²) in [7, 11) is -3.90. The third-order valence-electron chi connectivity index (χ3n) is 4.96. The first kappa shape index (κ1) is 20.0. The number of rotatable bonds is 5. The number of nitrogens with one attached hydrogen (secondary N) is 1. The van der Waals surface area contributed by atoms with Crippen molar-refractivity contribution < 1.29 is 22.7 Å². The van der Waals surface area contributed by atoms with Crippen LogP contribution in [0.1, 0.15) is 12.8 Å². The normalized spacial score (nSPS) is 21.3. The first-order chi connectivity index (χ1) is 13.9. The molecule has 2 aromatic rings. The van der Waals surface area contributed by atoms with Gasteiger partial charge in [0.05, 0.1) is 23.2 Å². The molecule has 7 nitrogen and oxygen atoms in total. The predicted octanol–water partition coefficient (Wildman–Crippen LogP) is 2.59. The Balaban J connectivity index is 1.59. The van der Waals surface area contributed by atoms with Gasteiger partial charge in [0.15, 0.2) is 6.10 Å². The quantitative estimate of drug-likeness (QED) is 0.778. The molecule has 2 heterocycles. The van der Waals surface area contributed by atoms with E-state index in [0.717, 1.165) is 12.8 Å². The molecule has 154 valence electrons. The first-order valence-electron chi connectivity index (χ1n) is 9.38. The van der Waals surface area contributed by atoms with Crippen LogP contribution in [0.2, 0.25) is 5.02 Å². The maximum absolute atomic E-state index is 13.3. The number of halogens is 1. The van der Waals surface area contributed by atoms with E-state index >= 15 is 0 Å². The number of amides is 1. The summed E-state index contributed by atoms with van der Waals surface area (Å²) in [6.07, 6.45) is 0.893. The van der Waals surface area contributed by atoms with Crippen molar-refractivity contribution in [2.24, 2.45) is 0 Å². The van der Waals surface area contributed by atoms with Gasteiger partial charge < -0.3 is 14.8 Å². The van der Waals surface area contributed by atoms with E-state index in [1.54, 1.807) is 24.3 Å². The molecule has 2 aliphatic heterocycles. The molecule has 2 aromatic carbocycles. The molecule has 2 aliphatic rings. The summed E-state index contributed by atoms with van der Waals surface area (Å²) in [5.74, 6) is -0.0279. The summed E-state index contributed by atoms with van der Waals surface area (Å²) in [4.78, 5) is 12.8. The fraction of sp³-hybridized carbons (Fsp3) is 0.350. The Kier molecular flexibility index (Phi) is 5.67. The van der Waals surface area contributed by atoms with Crippen LogP contribution in [0.15, 0.2) is 53.4 Å². The molecule has 0 spiro atoms. The standard InChI is InChI=1S/C20H21ClN2O5S/c21-14-7-9-16(10-8-14)29(25,26)23-13-19(28-18-6-2-1-5-17(18)23)20(24)22-12-15-4-3-11-27-15/h1-2,5-10,15,19H,3-4,11-13H2,(H,22,24)/t15-,19+/m0/s1. The van der Waals surface area contributed by atoms with Crippen molar-refractivity contribution in [3.63, 3.8) is 0 Å². The summed E-state index contributed by atoms with van der Waals surface area (Å²) < 4.78 is 39.1. The smallest absolute Gasteiger partial charge is 0.264 e. The van der Waals surface area contributed by atoms with Crippen molar-refractivity contribution in [2.75, 3.05) is 24.0 Å². The molecule has 0 aliphatic carbocycles. The lowest BCUT2D eigenvalue weighted by molar-refractivity contribution is -0.128. The first-order valence-corrected chi connectivity index (χ1v) is 11.2. The van der Waals surface area contributed by atoms with E-state index in [0.29, 0.717) is 29.6 Å². The Morgan fingerprint density at radius 1 is 1.17 bits per heavy atom. The van der Waals surface area contributed by atoms with E-state index in [1.807, 2.05) is 0 Å². The zero-order chi connectivity index (χ0) is 20.4. The van der Waals surface area contributed by atoms with E-state index in [4.69, 9.17) is 21.1 Å². The van der Waals surface area contributed by atoms with Crippen LogP contribution in [0.4, 0.5) is 5.69 Å². The zero-order valence-corrected chi connectivity index (χ0v) is 17.2. The number of carbonyl (C=O) groups excluding carboxylic acids is 1. The minimum absolute atomic E-state index is 0.0104. The van der Waals surface area contributed by atoms with Gasteiger partial charge in [-0.3, -0.25) is 9.10 Å². The van der Waals surface area contributed by atoms with E-state index in [-0.39, 0.29) is 23.5 Å². The van der Waals surface area contributed by atoms with Crippen LogP contribution in [0.25, 0.3) is 0 Å². The van der Waals surface area contributed by atoms with Crippen LogP contribution in [-0.4, -0.2) is 46.2 Å². The number of anilines is 1. The van der Waals surface area contributed by atoms with Crippen molar-refractivity contribution in [3.05, 3.63) is 53.6 Å². The van der Waals surface area contributed by atoms with Crippen LogP contribution < -0.4 is 14.4 Å². The minimum atomic E-state index is -3.90. The summed E-state index contributed by atoms with van der Waals surface area (Å²) in [6.45, 7) is 0.949. The molecule has 0 aromatic heterocycles. The van der Waals surface area contributed by atoms with E-state index in [2.05, 4.69) is 5.32 Å². The van der Waals surface area contributed by atoms with Gasteiger partial charge in [0.1, 0.15) is 5.75 Å². The van der Waals surface area contributed by atoms with Gasteiger partial charge in [-0.25, -0.2) is 8.42 Å². The topological polar surface area (TPSA) is 84.9 Å². The van der Waals surface area contributed by atoms with Crippen molar-refractivity contribution >= 4 is 33.2 Å². The van der Waals surface area contributed by atoms with Crippen molar-refractivity contribution in [1.29, 1.82) is 0 Å². The molecule has 0 saturated carbocycles. The fourth-order valence-electron chi connectivity index (χ4n) is 3.43. The molecule has 0 bridgehead atoms. The molecule has 1 fully saturated rings. The predicted molar refractivity (Wildman–Crippen MR) is 109 cm³/mol. The van der Waals surface area contributed by atoms with Gasteiger partial charge in [-0.2, -0.15) is 0 Å². The lowest BCUT2D eigenvalue weighted by Crippen LogP contribution is -2.51. The van der Waals surface area contributed by atoms with Gasteiger partial charge in [0, 0.05) is 18.2 Å². The highest BCUT2D eigenvalue weighted by Crippen LogP contribution is 2.36. The highest BCUT2D eigenvalue weighted by atomic mass is 35.5. The van der Waals surface area contributed by atoms with E-state index < -0.39 is 16.1 Å². The second-order valence-corrected chi connectivity index (χ2v) is 9.24. The maximum Gasteiger partial charge on any atom is 0.264 e. The van der Waals surface area contributed by atoms with Gasteiger partial charge in [-0.15, -0.1) is 0 Å².